The molecule has 0 saturated carbocycles. The van der Waals surface area contributed by atoms with Crippen molar-refractivity contribution in [2.75, 3.05) is 0 Å². The molecular weight excluding hydrogens is 347 g/mol. The quantitative estimate of drug-likeness (QED) is 0.387. The van der Waals surface area contributed by atoms with Crippen LogP contribution in [0, 0.1) is 15.9 Å². The number of nitro groups is 1. The summed E-state index contributed by atoms with van der Waals surface area (Å²) in [5.41, 5.74) is 0.846. The maximum Gasteiger partial charge on any atom is 0.345 e. The van der Waals surface area contributed by atoms with E-state index in [1.54, 1.807) is 17.5 Å². The first-order valence-electron chi connectivity index (χ1n) is 7.15. The van der Waals surface area contributed by atoms with E-state index in [2.05, 4.69) is 4.98 Å². The SMILES string of the molecule is O=C(OCc1csc(-c2ccc(F)cc2)n1)c1ccccc1[N+](=O)[O-]. The number of esters is 1. The largest absolute Gasteiger partial charge is 0.455 e. The number of benzene rings is 2. The highest BCUT2D eigenvalue weighted by molar-refractivity contribution is 7.13. The lowest BCUT2D eigenvalue weighted by Crippen LogP contribution is -2.08. The molecule has 0 aliphatic carbocycles. The van der Waals surface area contributed by atoms with Crippen LogP contribution in [0.4, 0.5) is 10.1 Å². The molecule has 1 heterocycles. The number of hydrogen-bond acceptors (Lipinski definition) is 6. The second-order valence-electron chi connectivity index (χ2n) is 5.00. The minimum Gasteiger partial charge on any atom is -0.455 e. The Morgan fingerprint density at radius 3 is 2.64 bits per heavy atom. The van der Waals surface area contributed by atoms with Crippen LogP contribution in [0.2, 0.25) is 0 Å². The Labute approximate surface area is 145 Å². The molecule has 0 saturated heterocycles. The third kappa shape index (κ3) is 3.86. The molecule has 0 spiro atoms. The fourth-order valence-electron chi connectivity index (χ4n) is 2.12. The maximum atomic E-state index is 12.9. The van der Waals surface area contributed by atoms with Crippen molar-refractivity contribution in [1.82, 2.24) is 4.98 Å². The number of hydrogen-bond donors (Lipinski definition) is 0. The fourth-order valence-corrected chi connectivity index (χ4v) is 2.93. The summed E-state index contributed by atoms with van der Waals surface area (Å²) in [6.07, 6.45) is 0. The van der Waals surface area contributed by atoms with E-state index >= 15 is 0 Å². The zero-order valence-electron chi connectivity index (χ0n) is 12.7. The standard InChI is InChI=1S/C17H11FN2O4S/c18-12-7-5-11(6-8-12)16-19-13(10-25-16)9-24-17(21)14-3-1-2-4-15(14)20(22)23/h1-8,10H,9H2. The van der Waals surface area contributed by atoms with Gasteiger partial charge in [-0.2, -0.15) is 0 Å². The minimum absolute atomic E-state index is 0.109. The van der Waals surface area contributed by atoms with Gasteiger partial charge < -0.3 is 4.74 Å². The Hall–Kier alpha value is -3.13. The molecule has 25 heavy (non-hydrogen) atoms. The summed E-state index contributed by atoms with van der Waals surface area (Å²) in [6.45, 7) is -0.109. The molecule has 2 aromatic carbocycles. The van der Waals surface area contributed by atoms with Crippen LogP contribution in [-0.4, -0.2) is 15.9 Å². The summed E-state index contributed by atoms with van der Waals surface area (Å²) in [6, 6.07) is 11.5. The number of rotatable bonds is 5. The number of nitrogens with zero attached hydrogens (tertiary/aromatic N) is 2. The smallest absolute Gasteiger partial charge is 0.345 e. The molecule has 0 amide bonds. The number of aromatic nitrogens is 1. The van der Waals surface area contributed by atoms with E-state index in [-0.39, 0.29) is 23.7 Å². The molecule has 3 aromatic rings. The van der Waals surface area contributed by atoms with Crippen molar-refractivity contribution in [3.8, 4) is 10.6 Å². The van der Waals surface area contributed by atoms with Gasteiger partial charge in [-0.15, -0.1) is 11.3 Å². The van der Waals surface area contributed by atoms with Crippen molar-refractivity contribution in [2.24, 2.45) is 0 Å². The van der Waals surface area contributed by atoms with Gasteiger partial charge in [-0.3, -0.25) is 10.1 Å². The third-order valence-electron chi connectivity index (χ3n) is 3.31. The fraction of sp³-hybridized carbons (Fsp3) is 0.0588. The summed E-state index contributed by atoms with van der Waals surface area (Å²) < 4.78 is 18.1. The van der Waals surface area contributed by atoms with Gasteiger partial charge in [0.1, 0.15) is 23.0 Å². The lowest BCUT2D eigenvalue weighted by Gasteiger charge is -2.03. The first kappa shape index (κ1) is 16.7. The number of carbonyl (C=O) groups excluding carboxylic acids is 1. The molecule has 0 atom stereocenters. The minimum atomic E-state index is -0.788. The number of carbonyl (C=O) groups is 1. The molecule has 0 N–H and O–H groups in total. The van der Waals surface area contributed by atoms with Crippen molar-refractivity contribution in [3.63, 3.8) is 0 Å². The second-order valence-corrected chi connectivity index (χ2v) is 5.86. The molecular formula is C17H11FN2O4S. The van der Waals surface area contributed by atoms with Gasteiger partial charge in [0.05, 0.1) is 10.6 Å². The van der Waals surface area contributed by atoms with E-state index in [9.17, 15) is 19.3 Å². The third-order valence-corrected chi connectivity index (χ3v) is 4.25. The molecule has 6 nitrogen and oxygen atoms in total. The van der Waals surface area contributed by atoms with Gasteiger partial charge in [-0.25, -0.2) is 14.2 Å². The average Bonchev–Trinajstić information content (AvgIpc) is 3.09. The van der Waals surface area contributed by atoms with Gasteiger partial charge in [0.25, 0.3) is 5.69 Å². The lowest BCUT2D eigenvalue weighted by atomic mass is 10.2. The monoisotopic (exact) mass is 358 g/mol. The van der Waals surface area contributed by atoms with Gasteiger partial charge in [0, 0.05) is 17.0 Å². The van der Waals surface area contributed by atoms with E-state index in [1.807, 2.05) is 0 Å². The van der Waals surface area contributed by atoms with Crippen LogP contribution >= 0.6 is 11.3 Å². The first-order chi connectivity index (χ1) is 12.0. The molecule has 0 fully saturated rings. The van der Waals surface area contributed by atoms with Crippen LogP contribution < -0.4 is 0 Å². The molecule has 0 bridgehead atoms. The van der Waals surface area contributed by atoms with Gasteiger partial charge >= 0.3 is 5.97 Å². The zero-order chi connectivity index (χ0) is 17.8. The van der Waals surface area contributed by atoms with Crippen molar-refractivity contribution in [1.29, 1.82) is 0 Å². The summed E-state index contributed by atoms with van der Waals surface area (Å²) in [7, 11) is 0. The summed E-state index contributed by atoms with van der Waals surface area (Å²) in [4.78, 5) is 26.7. The van der Waals surface area contributed by atoms with Gasteiger partial charge in [0.2, 0.25) is 0 Å². The van der Waals surface area contributed by atoms with E-state index < -0.39 is 10.9 Å². The Morgan fingerprint density at radius 1 is 1.20 bits per heavy atom. The van der Waals surface area contributed by atoms with Gasteiger partial charge in [0.15, 0.2) is 0 Å². The van der Waals surface area contributed by atoms with Crippen molar-refractivity contribution < 1.29 is 18.8 Å². The van der Waals surface area contributed by atoms with Crippen molar-refractivity contribution in [3.05, 3.63) is 81.1 Å². The molecule has 1 aromatic heterocycles. The number of halogens is 1. The highest BCUT2D eigenvalue weighted by Crippen LogP contribution is 2.25. The molecule has 0 radical (unpaired) electrons. The van der Waals surface area contributed by atoms with E-state index in [4.69, 9.17) is 4.74 Å². The Morgan fingerprint density at radius 2 is 1.92 bits per heavy atom. The number of nitro benzene ring substituents is 1. The van der Waals surface area contributed by atoms with Crippen molar-refractivity contribution in [2.45, 2.75) is 6.61 Å². The van der Waals surface area contributed by atoms with Crippen LogP contribution in [0.15, 0.2) is 53.9 Å². The van der Waals surface area contributed by atoms with Gasteiger partial charge in [-0.05, 0) is 30.3 Å². The molecule has 0 unspecified atom stereocenters. The number of ether oxygens (including phenoxy) is 1. The predicted molar refractivity (Wildman–Crippen MR) is 89.7 cm³/mol. The second kappa shape index (κ2) is 7.18. The predicted octanol–water partition coefficient (Wildman–Crippen LogP) is 4.21. The summed E-state index contributed by atoms with van der Waals surface area (Å²) >= 11 is 1.33. The van der Waals surface area contributed by atoms with Crippen LogP contribution in [0.5, 0.6) is 0 Å². The van der Waals surface area contributed by atoms with Crippen molar-refractivity contribution >= 4 is 23.0 Å². The number of thiazole rings is 1. The maximum absolute atomic E-state index is 12.9. The molecule has 126 valence electrons. The average molecular weight is 358 g/mol. The molecule has 0 aliphatic heterocycles. The van der Waals surface area contributed by atoms with Crippen LogP contribution in [0.1, 0.15) is 16.1 Å². The normalized spacial score (nSPS) is 10.4. The Bertz CT molecular complexity index is 924. The molecule has 3 rings (SSSR count). The van der Waals surface area contributed by atoms with E-state index in [0.29, 0.717) is 10.7 Å². The Kier molecular flexibility index (Phi) is 4.80. The van der Waals surface area contributed by atoms with Crippen LogP contribution in [0.25, 0.3) is 10.6 Å². The van der Waals surface area contributed by atoms with E-state index in [1.165, 1.54) is 47.7 Å². The van der Waals surface area contributed by atoms with Crippen LogP contribution in [-0.2, 0) is 11.3 Å². The molecule has 8 heteroatoms. The highest BCUT2D eigenvalue weighted by Gasteiger charge is 2.20. The first-order valence-corrected chi connectivity index (χ1v) is 8.03. The lowest BCUT2D eigenvalue weighted by molar-refractivity contribution is -0.385. The van der Waals surface area contributed by atoms with Gasteiger partial charge in [-0.1, -0.05) is 12.1 Å². The number of para-hydroxylation sites is 1. The topological polar surface area (TPSA) is 82.3 Å². The Balaban J connectivity index is 1.69. The molecule has 0 aliphatic rings. The summed E-state index contributed by atoms with van der Waals surface area (Å²) in [5, 5.41) is 13.3. The zero-order valence-corrected chi connectivity index (χ0v) is 13.5. The van der Waals surface area contributed by atoms with Crippen LogP contribution in [0.3, 0.4) is 0 Å². The van der Waals surface area contributed by atoms with E-state index in [0.717, 1.165) is 5.56 Å². The highest BCUT2D eigenvalue weighted by atomic mass is 32.1. The summed E-state index contributed by atoms with van der Waals surface area (Å²) in [5.74, 6) is -1.12.